The van der Waals surface area contributed by atoms with Crippen LogP contribution in [-0.2, 0) is 11.3 Å². The van der Waals surface area contributed by atoms with Crippen LogP contribution in [0.3, 0.4) is 0 Å². The van der Waals surface area contributed by atoms with Crippen molar-refractivity contribution in [1.29, 1.82) is 0 Å². The molecule has 4 nitrogen and oxygen atoms in total. The number of carbonyl (C=O) groups is 1. The van der Waals surface area contributed by atoms with E-state index in [9.17, 15) is 9.18 Å². The van der Waals surface area contributed by atoms with Crippen molar-refractivity contribution in [2.45, 2.75) is 25.9 Å². The first-order valence-electron chi connectivity index (χ1n) is 6.81. The zero-order valence-corrected chi connectivity index (χ0v) is 13.7. The normalized spacial score (nSPS) is 11.9. The van der Waals surface area contributed by atoms with Crippen molar-refractivity contribution in [1.82, 2.24) is 9.80 Å². The van der Waals surface area contributed by atoms with Crippen molar-refractivity contribution >= 4 is 18.3 Å². The molecule has 120 valence electrons. The molecule has 0 bridgehead atoms. The molecule has 1 amide bonds. The molecule has 0 aromatic heterocycles. The predicted molar refractivity (Wildman–Crippen MR) is 85.9 cm³/mol. The lowest BCUT2D eigenvalue weighted by Crippen LogP contribution is -2.38. The molecule has 0 saturated heterocycles. The molecule has 1 aromatic rings. The van der Waals surface area contributed by atoms with Gasteiger partial charge in [0, 0.05) is 32.1 Å². The molecule has 6 heteroatoms. The maximum Gasteiger partial charge on any atom is 0.224 e. The number of benzene rings is 1. The Morgan fingerprint density at radius 3 is 2.52 bits per heavy atom. The van der Waals surface area contributed by atoms with Crippen LogP contribution >= 0.6 is 12.4 Å². The Morgan fingerprint density at radius 2 is 2.00 bits per heavy atom. The number of hydrogen-bond donors (Lipinski definition) is 1. The second kappa shape index (κ2) is 9.71. The van der Waals surface area contributed by atoms with Gasteiger partial charge in [0.15, 0.2) is 0 Å². The van der Waals surface area contributed by atoms with E-state index in [-0.39, 0.29) is 30.2 Å². The third-order valence-corrected chi connectivity index (χ3v) is 2.93. The summed E-state index contributed by atoms with van der Waals surface area (Å²) in [6.45, 7) is 3.59. The Balaban J connectivity index is 0.00000400. The van der Waals surface area contributed by atoms with Gasteiger partial charge in [0.1, 0.15) is 5.82 Å². The Labute approximate surface area is 132 Å². The van der Waals surface area contributed by atoms with E-state index < -0.39 is 0 Å². The summed E-state index contributed by atoms with van der Waals surface area (Å²) < 4.78 is 13.2. The summed E-state index contributed by atoms with van der Waals surface area (Å²) in [6, 6.07) is 6.17. The standard InChI is InChI=1S/C15H24FN3O.ClH/c1-12(17)9-15(20)19(8-7-18(2)3)11-13-5-4-6-14(16)10-13;/h4-6,10,12H,7-9,11,17H2,1-3H3;1H. The Hall–Kier alpha value is -1.17. The number of amides is 1. The van der Waals surface area contributed by atoms with E-state index in [1.54, 1.807) is 11.0 Å². The molecule has 0 saturated carbocycles. The molecular weight excluding hydrogens is 293 g/mol. The van der Waals surface area contributed by atoms with Gasteiger partial charge >= 0.3 is 0 Å². The minimum absolute atomic E-state index is 0. The maximum absolute atomic E-state index is 13.2. The molecule has 1 aromatic carbocycles. The molecule has 21 heavy (non-hydrogen) atoms. The molecule has 2 N–H and O–H groups in total. The van der Waals surface area contributed by atoms with Crippen molar-refractivity contribution in [3.05, 3.63) is 35.6 Å². The highest BCUT2D eigenvalue weighted by molar-refractivity contribution is 5.85. The van der Waals surface area contributed by atoms with Crippen molar-refractivity contribution in [2.75, 3.05) is 27.2 Å². The SMILES string of the molecule is CC(N)CC(=O)N(CCN(C)C)Cc1cccc(F)c1.Cl. The molecule has 0 heterocycles. The van der Waals surface area contributed by atoms with Crippen LogP contribution < -0.4 is 5.73 Å². The number of nitrogens with two attached hydrogens (primary N) is 1. The monoisotopic (exact) mass is 317 g/mol. The van der Waals surface area contributed by atoms with Crippen LogP contribution in [-0.4, -0.2) is 48.9 Å². The van der Waals surface area contributed by atoms with Gasteiger partial charge in [-0.3, -0.25) is 4.79 Å². The van der Waals surface area contributed by atoms with Crippen LogP contribution in [0.5, 0.6) is 0 Å². The molecule has 0 aliphatic carbocycles. The third kappa shape index (κ3) is 7.99. The summed E-state index contributed by atoms with van der Waals surface area (Å²) in [7, 11) is 3.91. The lowest BCUT2D eigenvalue weighted by atomic mass is 10.1. The highest BCUT2D eigenvalue weighted by Crippen LogP contribution is 2.09. The van der Waals surface area contributed by atoms with Crippen LogP contribution in [0, 0.1) is 5.82 Å². The predicted octanol–water partition coefficient (Wildman–Crippen LogP) is 1.88. The molecule has 0 radical (unpaired) electrons. The van der Waals surface area contributed by atoms with Crippen LogP contribution in [0.25, 0.3) is 0 Å². The quantitative estimate of drug-likeness (QED) is 0.835. The third-order valence-electron chi connectivity index (χ3n) is 2.93. The van der Waals surface area contributed by atoms with Gasteiger partial charge in [-0.15, -0.1) is 12.4 Å². The van der Waals surface area contributed by atoms with E-state index in [4.69, 9.17) is 5.73 Å². The fraction of sp³-hybridized carbons (Fsp3) is 0.533. The van der Waals surface area contributed by atoms with E-state index in [0.29, 0.717) is 19.5 Å². The van der Waals surface area contributed by atoms with Gasteiger partial charge in [-0.1, -0.05) is 12.1 Å². The van der Waals surface area contributed by atoms with Gasteiger partial charge in [-0.05, 0) is 38.7 Å². The van der Waals surface area contributed by atoms with E-state index in [0.717, 1.165) is 12.1 Å². The van der Waals surface area contributed by atoms with Gasteiger partial charge in [0.2, 0.25) is 5.91 Å². The largest absolute Gasteiger partial charge is 0.337 e. The first-order chi connectivity index (χ1) is 9.38. The topological polar surface area (TPSA) is 49.6 Å². The van der Waals surface area contributed by atoms with Gasteiger partial charge in [-0.2, -0.15) is 0 Å². The van der Waals surface area contributed by atoms with Gasteiger partial charge in [0.05, 0.1) is 0 Å². The van der Waals surface area contributed by atoms with E-state index in [1.807, 2.05) is 32.0 Å². The van der Waals surface area contributed by atoms with Crippen molar-refractivity contribution in [3.8, 4) is 0 Å². The number of carbonyl (C=O) groups excluding carboxylic acids is 1. The Morgan fingerprint density at radius 1 is 1.33 bits per heavy atom. The fourth-order valence-corrected chi connectivity index (χ4v) is 1.87. The molecule has 1 rings (SSSR count). The van der Waals surface area contributed by atoms with Crippen LogP contribution in [0.4, 0.5) is 4.39 Å². The lowest BCUT2D eigenvalue weighted by Gasteiger charge is -2.25. The summed E-state index contributed by atoms with van der Waals surface area (Å²) in [6.07, 6.45) is 0.308. The average Bonchev–Trinajstić information content (AvgIpc) is 2.33. The molecule has 1 atom stereocenters. The fourth-order valence-electron chi connectivity index (χ4n) is 1.87. The second-order valence-electron chi connectivity index (χ2n) is 5.43. The Kier molecular flexibility index (Phi) is 9.17. The summed E-state index contributed by atoms with van der Waals surface area (Å²) in [5, 5.41) is 0. The van der Waals surface area contributed by atoms with Crippen LogP contribution in [0.1, 0.15) is 18.9 Å². The first kappa shape index (κ1) is 19.8. The zero-order valence-electron chi connectivity index (χ0n) is 12.9. The zero-order chi connectivity index (χ0) is 15.1. The molecule has 0 aliphatic rings. The average molecular weight is 318 g/mol. The number of hydrogen-bond acceptors (Lipinski definition) is 3. The minimum Gasteiger partial charge on any atom is -0.337 e. The number of halogens is 2. The van der Waals surface area contributed by atoms with Crippen LogP contribution in [0.2, 0.25) is 0 Å². The molecule has 0 fully saturated rings. The van der Waals surface area contributed by atoms with Crippen molar-refractivity contribution in [2.24, 2.45) is 5.73 Å². The van der Waals surface area contributed by atoms with Crippen molar-refractivity contribution < 1.29 is 9.18 Å². The number of rotatable bonds is 7. The molecule has 0 spiro atoms. The van der Waals surface area contributed by atoms with E-state index in [1.165, 1.54) is 12.1 Å². The van der Waals surface area contributed by atoms with Gasteiger partial charge < -0.3 is 15.5 Å². The van der Waals surface area contributed by atoms with Crippen molar-refractivity contribution in [3.63, 3.8) is 0 Å². The maximum atomic E-state index is 13.2. The summed E-state index contributed by atoms with van der Waals surface area (Å²) in [5.74, 6) is -0.277. The number of likely N-dealkylation sites (N-methyl/N-ethyl adjacent to an activating group) is 1. The Bertz CT molecular complexity index is 441. The van der Waals surface area contributed by atoms with E-state index >= 15 is 0 Å². The van der Waals surface area contributed by atoms with E-state index in [2.05, 4.69) is 0 Å². The van der Waals surface area contributed by atoms with Crippen LogP contribution in [0.15, 0.2) is 24.3 Å². The first-order valence-corrected chi connectivity index (χ1v) is 6.81. The lowest BCUT2D eigenvalue weighted by molar-refractivity contribution is -0.132. The number of nitrogens with zero attached hydrogens (tertiary/aromatic N) is 2. The summed E-state index contributed by atoms with van der Waals surface area (Å²) >= 11 is 0. The summed E-state index contributed by atoms with van der Waals surface area (Å²) in [4.78, 5) is 15.9. The molecular formula is C15H25ClFN3O. The minimum atomic E-state index is -0.283. The van der Waals surface area contributed by atoms with Gasteiger partial charge in [0.25, 0.3) is 0 Å². The molecule has 1 unspecified atom stereocenters. The van der Waals surface area contributed by atoms with Gasteiger partial charge in [-0.25, -0.2) is 4.39 Å². The molecule has 0 aliphatic heterocycles. The smallest absolute Gasteiger partial charge is 0.224 e. The highest BCUT2D eigenvalue weighted by atomic mass is 35.5. The second-order valence-corrected chi connectivity index (χ2v) is 5.43. The summed E-state index contributed by atoms with van der Waals surface area (Å²) in [5.41, 5.74) is 6.48. The highest BCUT2D eigenvalue weighted by Gasteiger charge is 2.15.